The van der Waals surface area contributed by atoms with Crippen LogP contribution in [0.3, 0.4) is 0 Å². The monoisotopic (exact) mass is 357 g/mol. The Balaban J connectivity index is 1.78. The van der Waals surface area contributed by atoms with Gasteiger partial charge >= 0.3 is 5.97 Å². The molecule has 134 valence electrons. The molecule has 0 spiro atoms. The number of ether oxygens (including phenoxy) is 2. The molecule has 3 aromatic rings. The summed E-state index contributed by atoms with van der Waals surface area (Å²) in [5.41, 5.74) is 1.45. The lowest BCUT2D eigenvalue weighted by Gasteiger charge is -2.08. The lowest BCUT2D eigenvalue weighted by molar-refractivity contribution is -0.142. The number of amides is 1. The van der Waals surface area contributed by atoms with Crippen molar-refractivity contribution < 1.29 is 27.9 Å². The lowest BCUT2D eigenvalue weighted by atomic mass is 10.1. The average Bonchev–Trinajstić information content (AvgIpc) is 2.96. The molecule has 0 bridgehead atoms. The number of furan rings is 1. The highest BCUT2D eigenvalue weighted by molar-refractivity contribution is 6.06. The fourth-order valence-corrected chi connectivity index (χ4v) is 2.46. The number of halogens is 1. The van der Waals surface area contributed by atoms with E-state index < -0.39 is 17.7 Å². The predicted octanol–water partition coefficient (Wildman–Crippen LogP) is 3.68. The first-order chi connectivity index (χ1) is 12.5. The van der Waals surface area contributed by atoms with E-state index in [0.29, 0.717) is 28.0 Å². The van der Waals surface area contributed by atoms with E-state index in [0.717, 1.165) is 0 Å². The number of aryl methyl sites for hydroxylation is 1. The van der Waals surface area contributed by atoms with Gasteiger partial charge in [-0.3, -0.25) is 4.79 Å². The highest BCUT2D eigenvalue weighted by atomic mass is 19.1. The van der Waals surface area contributed by atoms with E-state index in [1.807, 2.05) is 0 Å². The van der Waals surface area contributed by atoms with Crippen LogP contribution in [0.25, 0.3) is 11.0 Å². The standard InChI is InChI=1S/C19H16FNO5/c1-11-15-8-12(20)6-7-16(15)26-18(11)19(23)21-13-4-3-5-14(9-13)25-10-17(22)24-2/h3-9H,10H2,1-2H3,(H,21,23). The minimum Gasteiger partial charge on any atom is -0.482 e. The fraction of sp³-hybridized carbons (Fsp3) is 0.158. The Morgan fingerprint density at radius 2 is 2.00 bits per heavy atom. The molecule has 6 nitrogen and oxygen atoms in total. The number of anilines is 1. The number of methoxy groups -OCH3 is 1. The van der Waals surface area contributed by atoms with Crippen molar-refractivity contribution in [3.8, 4) is 5.75 Å². The number of benzene rings is 2. The fourth-order valence-electron chi connectivity index (χ4n) is 2.46. The average molecular weight is 357 g/mol. The number of rotatable bonds is 5. The Kier molecular flexibility index (Phi) is 4.88. The van der Waals surface area contributed by atoms with Crippen molar-refractivity contribution in [3.05, 3.63) is 59.6 Å². The molecule has 0 aliphatic carbocycles. The van der Waals surface area contributed by atoms with Crippen molar-refractivity contribution in [2.75, 3.05) is 19.0 Å². The first kappa shape index (κ1) is 17.5. The van der Waals surface area contributed by atoms with E-state index in [1.165, 1.54) is 25.3 Å². The molecule has 1 aromatic heterocycles. The van der Waals surface area contributed by atoms with E-state index in [9.17, 15) is 14.0 Å². The van der Waals surface area contributed by atoms with Gasteiger partial charge in [0.1, 0.15) is 17.1 Å². The number of hydrogen-bond donors (Lipinski definition) is 1. The van der Waals surface area contributed by atoms with Crippen molar-refractivity contribution in [3.63, 3.8) is 0 Å². The van der Waals surface area contributed by atoms with Gasteiger partial charge < -0.3 is 19.2 Å². The Bertz CT molecular complexity index is 979. The summed E-state index contributed by atoms with van der Waals surface area (Å²) in [5, 5.41) is 3.24. The number of hydrogen-bond acceptors (Lipinski definition) is 5. The summed E-state index contributed by atoms with van der Waals surface area (Å²) in [6.07, 6.45) is 0. The third-order valence-electron chi connectivity index (χ3n) is 3.78. The summed E-state index contributed by atoms with van der Waals surface area (Å²) >= 11 is 0. The summed E-state index contributed by atoms with van der Waals surface area (Å²) in [7, 11) is 1.27. The third-order valence-corrected chi connectivity index (χ3v) is 3.78. The van der Waals surface area contributed by atoms with Crippen molar-refractivity contribution >= 4 is 28.5 Å². The molecule has 1 amide bonds. The Hall–Kier alpha value is -3.35. The van der Waals surface area contributed by atoms with Crippen LogP contribution in [0, 0.1) is 12.7 Å². The second-order valence-corrected chi connectivity index (χ2v) is 5.54. The van der Waals surface area contributed by atoms with E-state index in [1.54, 1.807) is 31.2 Å². The molecule has 0 saturated heterocycles. The summed E-state index contributed by atoms with van der Waals surface area (Å²) in [5.74, 6) is -0.874. The van der Waals surface area contributed by atoms with Gasteiger partial charge in [-0.1, -0.05) is 6.07 Å². The predicted molar refractivity (Wildman–Crippen MR) is 92.8 cm³/mol. The van der Waals surface area contributed by atoms with Crippen molar-refractivity contribution in [2.45, 2.75) is 6.92 Å². The molecule has 0 aliphatic rings. The molecule has 0 aliphatic heterocycles. The van der Waals surface area contributed by atoms with Gasteiger partial charge in [0.15, 0.2) is 12.4 Å². The maximum atomic E-state index is 13.4. The van der Waals surface area contributed by atoms with Crippen LogP contribution in [0.4, 0.5) is 10.1 Å². The lowest BCUT2D eigenvalue weighted by Crippen LogP contribution is -2.14. The normalized spacial score (nSPS) is 10.6. The van der Waals surface area contributed by atoms with Gasteiger partial charge in [-0.05, 0) is 37.3 Å². The largest absolute Gasteiger partial charge is 0.482 e. The minimum atomic E-state index is -0.510. The maximum absolute atomic E-state index is 13.4. The topological polar surface area (TPSA) is 77.8 Å². The number of carbonyl (C=O) groups is 2. The Morgan fingerprint density at radius 1 is 1.19 bits per heavy atom. The molecular weight excluding hydrogens is 341 g/mol. The molecule has 0 atom stereocenters. The van der Waals surface area contributed by atoms with Crippen LogP contribution in [0.1, 0.15) is 16.1 Å². The quantitative estimate of drug-likeness (QED) is 0.705. The summed E-state index contributed by atoms with van der Waals surface area (Å²) < 4.78 is 28.7. The summed E-state index contributed by atoms with van der Waals surface area (Å²) in [6, 6.07) is 10.6. The molecule has 1 N–H and O–H groups in total. The van der Waals surface area contributed by atoms with Crippen LogP contribution < -0.4 is 10.1 Å². The molecule has 3 rings (SSSR count). The van der Waals surface area contributed by atoms with E-state index >= 15 is 0 Å². The number of nitrogens with one attached hydrogen (secondary N) is 1. The highest BCUT2D eigenvalue weighted by Gasteiger charge is 2.18. The Morgan fingerprint density at radius 3 is 2.77 bits per heavy atom. The number of fused-ring (bicyclic) bond motifs is 1. The van der Waals surface area contributed by atoms with Gasteiger partial charge in [-0.2, -0.15) is 0 Å². The van der Waals surface area contributed by atoms with Crippen molar-refractivity contribution in [1.29, 1.82) is 0 Å². The van der Waals surface area contributed by atoms with Crippen LogP contribution in [0.2, 0.25) is 0 Å². The van der Waals surface area contributed by atoms with E-state index in [2.05, 4.69) is 10.1 Å². The van der Waals surface area contributed by atoms with E-state index in [-0.39, 0.29) is 12.4 Å². The molecule has 26 heavy (non-hydrogen) atoms. The zero-order valence-corrected chi connectivity index (χ0v) is 14.2. The molecule has 0 fully saturated rings. The van der Waals surface area contributed by atoms with Gasteiger partial charge in [0.25, 0.3) is 5.91 Å². The smallest absolute Gasteiger partial charge is 0.343 e. The molecule has 1 heterocycles. The van der Waals surface area contributed by atoms with Crippen LogP contribution >= 0.6 is 0 Å². The molecule has 0 radical (unpaired) electrons. The SMILES string of the molecule is COC(=O)COc1cccc(NC(=O)c2oc3ccc(F)cc3c2C)c1. The van der Waals surface area contributed by atoms with E-state index in [4.69, 9.17) is 9.15 Å². The first-order valence-electron chi connectivity index (χ1n) is 7.77. The number of carbonyl (C=O) groups excluding carboxylic acids is 2. The van der Waals surface area contributed by atoms with Gasteiger partial charge in [-0.25, -0.2) is 9.18 Å². The van der Waals surface area contributed by atoms with Crippen LogP contribution in [0.15, 0.2) is 46.9 Å². The molecular formula is C19H16FNO5. The molecule has 7 heteroatoms. The highest BCUT2D eigenvalue weighted by Crippen LogP contribution is 2.27. The van der Waals surface area contributed by atoms with Crippen LogP contribution in [-0.2, 0) is 9.53 Å². The molecule has 0 saturated carbocycles. The third kappa shape index (κ3) is 3.66. The van der Waals surface area contributed by atoms with Crippen molar-refractivity contribution in [2.24, 2.45) is 0 Å². The van der Waals surface area contributed by atoms with Crippen LogP contribution in [0.5, 0.6) is 5.75 Å². The van der Waals surface area contributed by atoms with Gasteiger partial charge in [0, 0.05) is 22.7 Å². The zero-order valence-electron chi connectivity index (χ0n) is 14.2. The Labute approximate surface area is 148 Å². The molecule has 0 unspecified atom stereocenters. The van der Waals surface area contributed by atoms with Crippen molar-refractivity contribution in [1.82, 2.24) is 0 Å². The minimum absolute atomic E-state index is 0.103. The second-order valence-electron chi connectivity index (χ2n) is 5.54. The van der Waals surface area contributed by atoms with Gasteiger partial charge in [0.2, 0.25) is 0 Å². The second kappa shape index (κ2) is 7.26. The summed E-state index contributed by atoms with van der Waals surface area (Å²) in [4.78, 5) is 23.6. The summed E-state index contributed by atoms with van der Waals surface area (Å²) in [6.45, 7) is 1.46. The van der Waals surface area contributed by atoms with Crippen LogP contribution in [-0.4, -0.2) is 25.6 Å². The first-order valence-corrected chi connectivity index (χ1v) is 7.77. The maximum Gasteiger partial charge on any atom is 0.343 e. The van der Waals surface area contributed by atoms with Gasteiger partial charge in [0.05, 0.1) is 7.11 Å². The van der Waals surface area contributed by atoms with Gasteiger partial charge in [-0.15, -0.1) is 0 Å². The number of esters is 1. The molecule has 2 aromatic carbocycles. The zero-order chi connectivity index (χ0) is 18.7.